The monoisotopic (exact) mass is 307 g/mol. The lowest BCUT2D eigenvalue weighted by molar-refractivity contribution is 0.195. The van der Waals surface area contributed by atoms with E-state index >= 15 is 0 Å². The molecule has 1 unspecified atom stereocenters. The van der Waals surface area contributed by atoms with Crippen LogP contribution in [0.15, 0.2) is 54.6 Å². The van der Waals surface area contributed by atoms with Crippen molar-refractivity contribution in [3.05, 3.63) is 65.7 Å². The molecule has 0 heterocycles. The van der Waals surface area contributed by atoms with Gasteiger partial charge in [-0.15, -0.1) is 12.4 Å². The van der Waals surface area contributed by atoms with E-state index in [4.69, 9.17) is 9.84 Å². The number of benzene rings is 2. The molecule has 0 saturated carbocycles. The summed E-state index contributed by atoms with van der Waals surface area (Å²) in [6, 6.07) is 17.8. The largest absolute Gasteiger partial charge is 0.486 e. The molecule has 0 aromatic heterocycles. The summed E-state index contributed by atoms with van der Waals surface area (Å²) in [4.78, 5) is 0. The molecule has 21 heavy (non-hydrogen) atoms. The summed E-state index contributed by atoms with van der Waals surface area (Å²) in [5, 5.41) is 12.2. The highest BCUT2D eigenvalue weighted by Gasteiger charge is 2.12. The summed E-state index contributed by atoms with van der Waals surface area (Å²) in [7, 11) is 1.94. The van der Waals surface area contributed by atoms with Gasteiger partial charge < -0.3 is 15.2 Å². The first kappa shape index (κ1) is 17.5. The Balaban J connectivity index is 0.00000220. The standard InChI is InChI=1S/C17H21NO2.ClH/c1-18-12-11-17(15-5-3-2-4-6-15)20-16-9-7-14(13-19)8-10-16;/h2-10,17-19H,11-13H2,1H3;1H. The van der Waals surface area contributed by atoms with E-state index in [2.05, 4.69) is 17.4 Å². The molecule has 3 nitrogen and oxygen atoms in total. The average Bonchev–Trinajstić information content (AvgIpc) is 2.53. The molecule has 0 saturated heterocycles. The molecule has 0 aliphatic rings. The molecule has 0 amide bonds. The molecule has 1 atom stereocenters. The fourth-order valence-corrected chi connectivity index (χ4v) is 2.07. The van der Waals surface area contributed by atoms with Gasteiger partial charge in [0.05, 0.1) is 6.61 Å². The molecule has 0 bridgehead atoms. The average molecular weight is 308 g/mol. The first-order chi connectivity index (χ1) is 9.83. The minimum absolute atomic E-state index is 0. The maximum Gasteiger partial charge on any atom is 0.125 e. The van der Waals surface area contributed by atoms with Crippen LogP contribution < -0.4 is 10.1 Å². The smallest absolute Gasteiger partial charge is 0.125 e. The van der Waals surface area contributed by atoms with Gasteiger partial charge in [0.1, 0.15) is 11.9 Å². The fourth-order valence-electron chi connectivity index (χ4n) is 2.07. The normalized spacial score (nSPS) is 11.5. The number of rotatable bonds is 7. The summed E-state index contributed by atoms with van der Waals surface area (Å²) in [6.07, 6.45) is 0.936. The predicted molar refractivity (Wildman–Crippen MR) is 88.0 cm³/mol. The Bertz CT molecular complexity index is 502. The van der Waals surface area contributed by atoms with Crippen LogP contribution in [0.3, 0.4) is 0 Å². The van der Waals surface area contributed by atoms with Crippen molar-refractivity contribution in [3.63, 3.8) is 0 Å². The number of hydrogen-bond donors (Lipinski definition) is 2. The van der Waals surface area contributed by atoms with Crippen molar-refractivity contribution in [1.29, 1.82) is 0 Å². The van der Waals surface area contributed by atoms with E-state index in [1.54, 1.807) is 0 Å². The van der Waals surface area contributed by atoms with E-state index in [9.17, 15) is 0 Å². The molecule has 0 aliphatic heterocycles. The molecule has 0 aliphatic carbocycles. The molecule has 4 heteroatoms. The number of halogens is 1. The second-order valence-corrected chi connectivity index (χ2v) is 4.71. The van der Waals surface area contributed by atoms with E-state index in [0.29, 0.717) is 0 Å². The van der Waals surface area contributed by atoms with Gasteiger partial charge in [0, 0.05) is 6.42 Å². The van der Waals surface area contributed by atoms with E-state index in [1.807, 2.05) is 49.5 Å². The van der Waals surface area contributed by atoms with Gasteiger partial charge in [-0.05, 0) is 36.9 Å². The van der Waals surface area contributed by atoms with E-state index in [0.717, 1.165) is 24.3 Å². The van der Waals surface area contributed by atoms with E-state index in [1.165, 1.54) is 5.56 Å². The molecule has 0 radical (unpaired) electrons. The summed E-state index contributed by atoms with van der Waals surface area (Å²) in [5.74, 6) is 0.826. The lowest BCUT2D eigenvalue weighted by Crippen LogP contribution is -2.16. The Labute approximate surface area is 132 Å². The van der Waals surface area contributed by atoms with Crippen molar-refractivity contribution in [2.45, 2.75) is 19.1 Å². The lowest BCUT2D eigenvalue weighted by atomic mass is 10.1. The van der Waals surface area contributed by atoms with Gasteiger partial charge in [-0.25, -0.2) is 0 Å². The fraction of sp³-hybridized carbons (Fsp3) is 0.294. The van der Waals surface area contributed by atoms with Crippen LogP contribution in [0.5, 0.6) is 5.75 Å². The van der Waals surface area contributed by atoms with Crippen molar-refractivity contribution in [1.82, 2.24) is 5.32 Å². The van der Waals surface area contributed by atoms with Gasteiger partial charge in [0.25, 0.3) is 0 Å². The number of aliphatic hydroxyl groups is 1. The minimum Gasteiger partial charge on any atom is -0.486 e. The maximum atomic E-state index is 9.06. The highest BCUT2D eigenvalue weighted by molar-refractivity contribution is 5.85. The van der Waals surface area contributed by atoms with Crippen LogP contribution in [-0.4, -0.2) is 18.7 Å². The first-order valence-electron chi connectivity index (χ1n) is 6.89. The Morgan fingerprint density at radius 2 is 1.71 bits per heavy atom. The lowest BCUT2D eigenvalue weighted by Gasteiger charge is -2.19. The zero-order chi connectivity index (χ0) is 14.2. The molecular weight excluding hydrogens is 286 g/mol. The molecule has 2 aromatic rings. The quantitative estimate of drug-likeness (QED) is 0.824. The van der Waals surface area contributed by atoms with Gasteiger partial charge in [-0.2, -0.15) is 0 Å². The molecule has 2 rings (SSSR count). The minimum atomic E-state index is 0. The van der Waals surface area contributed by atoms with E-state index < -0.39 is 0 Å². The number of aliphatic hydroxyl groups excluding tert-OH is 1. The van der Waals surface area contributed by atoms with E-state index in [-0.39, 0.29) is 25.1 Å². The second kappa shape index (κ2) is 9.40. The number of hydrogen-bond acceptors (Lipinski definition) is 3. The number of ether oxygens (including phenoxy) is 1. The Morgan fingerprint density at radius 1 is 1.05 bits per heavy atom. The summed E-state index contributed by atoms with van der Waals surface area (Å²) in [5.41, 5.74) is 2.07. The van der Waals surface area contributed by atoms with Crippen LogP contribution in [0.2, 0.25) is 0 Å². The van der Waals surface area contributed by atoms with Crippen molar-refractivity contribution in [2.75, 3.05) is 13.6 Å². The van der Waals surface area contributed by atoms with Gasteiger partial charge in [-0.3, -0.25) is 0 Å². The van der Waals surface area contributed by atoms with Crippen molar-refractivity contribution >= 4 is 12.4 Å². The summed E-state index contributed by atoms with van der Waals surface area (Å²) < 4.78 is 6.08. The molecule has 0 spiro atoms. The van der Waals surface area contributed by atoms with Gasteiger partial charge in [-0.1, -0.05) is 42.5 Å². The number of nitrogens with one attached hydrogen (secondary N) is 1. The highest BCUT2D eigenvalue weighted by atomic mass is 35.5. The Hall–Kier alpha value is -1.55. The van der Waals surface area contributed by atoms with Crippen LogP contribution >= 0.6 is 12.4 Å². The third kappa shape index (κ3) is 5.38. The van der Waals surface area contributed by atoms with Crippen LogP contribution in [0.1, 0.15) is 23.7 Å². The molecule has 0 fully saturated rings. The zero-order valence-electron chi connectivity index (χ0n) is 12.2. The zero-order valence-corrected chi connectivity index (χ0v) is 13.0. The third-order valence-electron chi connectivity index (χ3n) is 3.21. The van der Waals surface area contributed by atoms with Crippen LogP contribution in [0, 0.1) is 0 Å². The Morgan fingerprint density at radius 3 is 2.29 bits per heavy atom. The van der Waals surface area contributed by atoms with Crippen LogP contribution in [0.25, 0.3) is 0 Å². The van der Waals surface area contributed by atoms with Crippen molar-refractivity contribution in [2.24, 2.45) is 0 Å². The SMILES string of the molecule is CNCCC(Oc1ccc(CO)cc1)c1ccccc1.Cl. The maximum absolute atomic E-state index is 9.06. The first-order valence-corrected chi connectivity index (χ1v) is 6.89. The van der Waals surface area contributed by atoms with Crippen LogP contribution in [-0.2, 0) is 6.61 Å². The van der Waals surface area contributed by atoms with Gasteiger partial charge in [0.15, 0.2) is 0 Å². The van der Waals surface area contributed by atoms with Crippen LogP contribution in [0.4, 0.5) is 0 Å². The van der Waals surface area contributed by atoms with Crippen molar-refractivity contribution in [3.8, 4) is 5.75 Å². The second-order valence-electron chi connectivity index (χ2n) is 4.71. The van der Waals surface area contributed by atoms with Gasteiger partial charge in [0.2, 0.25) is 0 Å². The molecule has 114 valence electrons. The molecule has 2 aromatic carbocycles. The molecular formula is C17H22ClNO2. The highest BCUT2D eigenvalue weighted by Crippen LogP contribution is 2.24. The Kier molecular flexibility index (Phi) is 7.83. The van der Waals surface area contributed by atoms with Crippen molar-refractivity contribution < 1.29 is 9.84 Å². The third-order valence-corrected chi connectivity index (χ3v) is 3.21. The predicted octanol–water partition coefficient (Wildman–Crippen LogP) is 3.33. The summed E-state index contributed by atoms with van der Waals surface area (Å²) in [6.45, 7) is 0.955. The molecule has 2 N–H and O–H groups in total. The topological polar surface area (TPSA) is 41.5 Å². The summed E-state index contributed by atoms with van der Waals surface area (Å²) >= 11 is 0. The van der Waals surface area contributed by atoms with Gasteiger partial charge >= 0.3 is 0 Å².